The number of nitrogens with zero attached hydrogens (tertiary/aromatic N) is 3. The van der Waals surface area contributed by atoms with Gasteiger partial charge in [-0.3, -0.25) is 0 Å². The van der Waals surface area contributed by atoms with Crippen molar-refractivity contribution in [1.82, 2.24) is 5.01 Å². The molecule has 0 radical (unpaired) electrons. The van der Waals surface area contributed by atoms with Crippen molar-refractivity contribution in [3.63, 3.8) is 0 Å². The molecule has 0 bridgehead atoms. The molecule has 3 rings (SSSR count). The number of nitrogens with two attached hydrogens (primary N) is 1. The summed E-state index contributed by atoms with van der Waals surface area (Å²) >= 11 is 0. The van der Waals surface area contributed by atoms with E-state index in [1.54, 1.807) is 41.4 Å². The maximum atomic E-state index is 11.9. The Bertz CT molecular complexity index is 750. The highest BCUT2D eigenvalue weighted by molar-refractivity contribution is 7.33. The largest absolute Gasteiger partial charge is 0.750 e. The minimum absolute atomic E-state index is 0.167. The van der Waals surface area contributed by atoms with Gasteiger partial charge >= 0.3 is 8.25 Å². The van der Waals surface area contributed by atoms with Crippen molar-refractivity contribution in [3.05, 3.63) is 54.8 Å². The Labute approximate surface area is 152 Å². The molecule has 0 amide bonds. The fourth-order valence-corrected chi connectivity index (χ4v) is 3.25. The maximum absolute atomic E-state index is 11.9. The van der Waals surface area contributed by atoms with Crippen LogP contribution in [0.25, 0.3) is 0 Å². The first-order chi connectivity index (χ1) is 12.7. The molecule has 2 aliphatic rings. The number of hydrogen-bond acceptors (Lipinski definition) is 8. The number of allylic oxidation sites excluding steroid dienone is 2. The predicted octanol–water partition coefficient (Wildman–Crippen LogP) is 2.93. The van der Waals surface area contributed by atoms with Gasteiger partial charge in [-0.15, -0.1) is 4.52 Å². The summed E-state index contributed by atoms with van der Waals surface area (Å²) in [5.41, 5.74) is 6.53. The van der Waals surface area contributed by atoms with Crippen LogP contribution in [-0.4, -0.2) is 36.1 Å². The second-order valence-electron chi connectivity index (χ2n) is 5.59. The number of benzene rings is 1. The van der Waals surface area contributed by atoms with Crippen LogP contribution in [0.4, 0.5) is 0 Å². The van der Waals surface area contributed by atoms with E-state index < -0.39 is 8.25 Å². The van der Waals surface area contributed by atoms with Crippen molar-refractivity contribution in [2.45, 2.75) is 25.2 Å². The lowest BCUT2D eigenvalue weighted by atomic mass is 10.2. The molecule has 2 N–H and O–H groups in total. The van der Waals surface area contributed by atoms with E-state index in [1.807, 2.05) is 6.07 Å². The number of para-hydroxylation sites is 1. The standard InChI is InChI=1S/C17H20N4O4P/c1-2-6-15-17(18)19-12-20-21(15)16-10-9-14(24-16)11-23-26(22)25-13-7-4-3-5-8-13/h2-8,12,14,16H,1,9-11H2,(H2,18,19,20)/q+1/b15-6-/t14?,16-/m1/s1. The summed E-state index contributed by atoms with van der Waals surface area (Å²) in [6.45, 7) is 3.84. The summed E-state index contributed by atoms with van der Waals surface area (Å²) in [5.74, 6) is 0.845. The van der Waals surface area contributed by atoms with E-state index in [0.29, 0.717) is 17.3 Å². The summed E-state index contributed by atoms with van der Waals surface area (Å²) in [4.78, 5) is 3.98. The minimum atomic E-state index is -2.26. The topological polar surface area (TPSA) is 98.7 Å². The van der Waals surface area contributed by atoms with Gasteiger partial charge in [0.2, 0.25) is 0 Å². The molecule has 2 heterocycles. The summed E-state index contributed by atoms with van der Waals surface area (Å²) in [7, 11) is -2.26. The van der Waals surface area contributed by atoms with Crippen molar-refractivity contribution >= 4 is 20.4 Å². The van der Waals surface area contributed by atoms with Crippen molar-refractivity contribution in [3.8, 4) is 5.75 Å². The average molecular weight is 375 g/mol. The number of aliphatic imine (C=N–C) groups is 1. The molecular weight excluding hydrogens is 355 g/mol. The zero-order chi connectivity index (χ0) is 18.4. The molecule has 1 aromatic rings. The maximum Gasteiger partial charge on any atom is 0.750 e. The first-order valence-electron chi connectivity index (χ1n) is 8.14. The monoisotopic (exact) mass is 375 g/mol. The van der Waals surface area contributed by atoms with Crippen molar-refractivity contribution in [2.24, 2.45) is 15.8 Å². The second kappa shape index (κ2) is 8.71. The number of hydrazone groups is 1. The molecule has 1 aromatic carbocycles. The molecular formula is C17H20N4O4P+. The van der Waals surface area contributed by atoms with Crippen LogP contribution < -0.4 is 10.3 Å². The highest BCUT2D eigenvalue weighted by atomic mass is 31.1. The molecule has 1 fully saturated rings. The first kappa shape index (κ1) is 18.3. The highest BCUT2D eigenvalue weighted by Crippen LogP contribution is 2.31. The van der Waals surface area contributed by atoms with Crippen molar-refractivity contribution in [1.29, 1.82) is 0 Å². The van der Waals surface area contributed by atoms with Gasteiger partial charge < -0.3 is 10.5 Å². The van der Waals surface area contributed by atoms with Crippen LogP contribution in [-0.2, 0) is 13.8 Å². The molecule has 0 aliphatic carbocycles. The number of amidine groups is 1. The van der Waals surface area contributed by atoms with E-state index in [4.69, 9.17) is 19.5 Å². The number of rotatable bonds is 7. The average Bonchev–Trinajstić information content (AvgIpc) is 3.11. The smallest absolute Gasteiger partial charge is 0.382 e. The Balaban J connectivity index is 1.50. The highest BCUT2D eigenvalue weighted by Gasteiger charge is 2.35. The van der Waals surface area contributed by atoms with Crippen LogP contribution in [0.1, 0.15) is 12.8 Å². The molecule has 9 heteroatoms. The predicted molar refractivity (Wildman–Crippen MR) is 98.8 cm³/mol. The lowest BCUT2D eigenvalue weighted by Gasteiger charge is -2.28. The van der Waals surface area contributed by atoms with Crippen LogP contribution >= 0.6 is 8.25 Å². The zero-order valence-corrected chi connectivity index (χ0v) is 15.0. The Kier molecular flexibility index (Phi) is 6.12. The Morgan fingerprint density at radius 3 is 2.96 bits per heavy atom. The van der Waals surface area contributed by atoms with E-state index in [-0.39, 0.29) is 18.9 Å². The Hall–Kier alpha value is -2.54. The molecule has 0 aromatic heterocycles. The fraction of sp³-hybridized carbons (Fsp3) is 0.294. The molecule has 1 saturated heterocycles. The van der Waals surface area contributed by atoms with E-state index >= 15 is 0 Å². The van der Waals surface area contributed by atoms with Crippen LogP contribution in [0.2, 0.25) is 0 Å². The molecule has 0 spiro atoms. The summed E-state index contributed by atoms with van der Waals surface area (Å²) in [6.07, 6.45) is 5.69. The molecule has 8 nitrogen and oxygen atoms in total. The van der Waals surface area contributed by atoms with Gasteiger partial charge in [-0.05, 0) is 31.1 Å². The third-order valence-corrected chi connectivity index (χ3v) is 4.52. The summed E-state index contributed by atoms with van der Waals surface area (Å²) in [6, 6.07) is 8.87. The molecule has 2 unspecified atom stereocenters. The third-order valence-electron chi connectivity index (χ3n) is 3.80. The van der Waals surface area contributed by atoms with Gasteiger partial charge in [-0.1, -0.05) is 30.9 Å². The molecule has 3 atom stereocenters. The SMILES string of the molecule is C=C/C=C1/C(N)=NC=NN1[C@H]1CCC(CO[P+](=O)Oc2ccccc2)O1. The van der Waals surface area contributed by atoms with Crippen LogP contribution in [0.15, 0.2) is 64.9 Å². The van der Waals surface area contributed by atoms with E-state index in [9.17, 15) is 4.57 Å². The van der Waals surface area contributed by atoms with Crippen LogP contribution in [0.3, 0.4) is 0 Å². The van der Waals surface area contributed by atoms with Gasteiger partial charge in [-0.25, -0.2) is 14.5 Å². The Morgan fingerprint density at radius 1 is 1.38 bits per heavy atom. The Morgan fingerprint density at radius 2 is 2.19 bits per heavy atom. The molecule has 2 aliphatic heterocycles. The van der Waals surface area contributed by atoms with E-state index in [1.165, 1.54) is 6.34 Å². The van der Waals surface area contributed by atoms with Gasteiger partial charge in [0.1, 0.15) is 18.6 Å². The van der Waals surface area contributed by atoms with E-state index in [0.717, 1.165) is 12.8 Å². The lowest BCUT2D eigenvalue weighted by Crippen LogP contribution is -2.38. The van der Waals surface area contributed by atoms with Gasteiger partial charge in [0.25, 0.3) is 0 Å². The number of ether oxygens (including phenoxy) is 1. The van der Waals surface area contributed by atoms with Gasteiger partial charge in [0.05, 0.1) is 6.10 Å². The van der Waals surface area contributed by atoms with Gasteiger partial charge in [-0.2, -0.15) is 5.10 Å². The number of hydrogen-bond donors (Lipinski definition) is 1. The zero-order valence-electron chi connectivity index (χ0n) is 14.1. The summed E-state index contributed by atoms with van der Waals surface area (Å²) < 4.78 is 28.4. The summed E-state index contributed by atoms with van der Waals surface area (Å²) in [5, 5.41) is 5.90. The quantitative estimate of drug-likeness (QED) is 0.736. The van der Waals surface area contributed by atoms with Crippen molar-refractivity contribution in [2.75, 3.05) is 6.61 Å². The second-order valence-corrected chi connectivity index (χ2v) is 6.48. The molecule has 0 saturated carbocycles. The molecule has 26 heavy (non-hydrogen) atoms. The van der Waals surface area contributed by atoms with Gasteiger partial charge in [0.15, 0.2) is 17.8 Å². The first-order valence-corrected chi connectivity index (χ1v) is 9.23. The molecule has 136 valence electrons. The lowest BCUT2D eigenvalue weighted by molar-refractivity contribution is -0.0489. The van der Waals surface area contributed by atoms with E-state index in [2.05, 4.69) is 16.7 Å². The fourth-order valence-electron chi connectivity index (χ4n) is 2.62. The third kappa shape index (κ3) is 4.54. The minimum Gasteiger partial charge on any atom is -0.382 e. The van der Waals surface area contributed by atoms with Crippen LogP contribution in [0.5, 0.6) is 5.75 Å². The van der Waals surface area contributed by atoms with Gasteiger partial charge in [0, 0.05) is 4.57 Å². The van der Waals surface area contributed by atoms with Crippen LogP contribution in [0, 0.1) is 0 Å². The normalized spacial score (nSPS) is 24.5. The van der Waals surface area contributed by atoms with Crippen molar-refractivity contribution < 1.29 is 18.3 Å².